The van der Waals surface area contributed by atoms with Gasteiger partial charge in [-0.2, -0.15) is 0 Å². The summed E-state index contributed by atoms with van der Waals surface area (Å²) < 4.78 is 0. The van der Waals surface area contributed by atoms with Crippen molar-refractivity contribution in [1.29, 1.82) is 0 Å². The first-order chi connectivity index (χ1) is 17.7. The average molecular weight is 499 g/mol. The first-order valence-corrected chi connectivity index (χ1v) is 13.0. The standard InChI is InChI=1S/C30H34N4O3/c1-30(2,3)25-10-8-23(9-11-25)29(35)32-18-16-31(17-19-32)26-12-13-27(34(36)37)28(20-26)33-15-14-22-6-4-5-7-24(22)21-33/h4-13,20H,14-19,21H2,1-3H3. The number of hydrogen-bond donors (Lipinski definition) is 0. The fourth-order valence-electron chi connectivity index (χ4n) is 5.28. The minimum atomic E-state index is -0.291. The molecule has 7 heteroatoms. The van der Waals surface area contributed by atoms with Gasteiger partial charge in [0.1, 0.15) is 5.69 Å². The fourth-order valence-corrected chi connectivity index (χ4v) is 5.28. The lowest BCUT2D eigenvalue weighted by molar-refractivity contribution is -0.384. The van der Waals surface area contributed by atoms with E-state index < -0.39 is 0 Å². The first kappa shape index (κ1) is 24.8. The number of hydrogen-bond acceptors (Lipinski definition) is 5. The van der Waals surface area contributed by atoms with Gasteiger partial charge < -0.3 is 14.7 Å². The normalized spacial score (nSPS) is 15.9. The van der Waals surface area contributed by atoms with Crippen LogP contribution in [0.1, 0.15) is 47.8 Å². The molecule has 0 bridgehead atoms. The van der Waals surface area contributed by atoms with Crippen molar-refractivity contribution in [2.75, 3.05) is 42.5 Å². The van der Waals surface area contributed by atoms with E-state index in [1.54, 1.807) is 6.07 Å². The maximum absolute atomic E-state index is 13.1. The summed E-state index contributed by atoms with van der Waals surface area (Å²) >= 11 is 0. The number of carbonyl (C=O) groups excluding carboxylic acids is 1. The number of nitrogens with zero attached hydrogens (tertiary/aromatic N) is 4. The van der Waals surface area contributed by atoms with Crippen molar-refractivity contribution in [3.63, 3.8) is 0 Å². The largest absolute Gasteiger partial charge is 0.368 e. The van der Waals surface area contributed by atoms with E-state index >= 15 is 0 Å². The Morgan fingerprint density at radius 1 is 0.838 bits per heavy atom. The Balaban J connectivity index is 1.29. The van der Waals surface area contributed by atoms with Crippen LogP contribution < -0.4 is 9.80 Å². The van der Waals surface area contributed by atoms with Gasteiger partial charge in [0.15, 0.2) is 0 Å². The number of piperazine rings is 1. The van der Waals surface area contributed by atoms with Crippen LogP contribution in [0.2, 0.25) is 0 Å². The first-order valence-electron chi connectivity index (χ1n) is 13.0. The van der Waals surface area contributed by atoms with Gasteiger partial charge in [-0.25, -0.2) is 0 Å². The van der Waals surface area contributed by atoms with Gasteiger partial charge in [0.2, 0.25) is 0 Å². The van der Waals surface area contributed by atoms with Gasteiger partial charge >= 0.3 is 0 Å². The van der Waals surface area contributed by atoms with Gasteiger partial charge in [-0.15, -0.1) is 0 Å². The third kappa shape index (κ3) is 5.17. The van der Waals surface area contributed by atoms with Crippen LogP contribution in [0.15, 0.2) is 66.7 Å². The highest BCUT2D eigenvalue weighted by atomic mass is 16.6. The van der Waals surface area contributed by atoms with Crippen molar-refractivity contribution < 1.29 is 9.72 Å². The lowest BCUT2D eigenvalue weighted by atomic mass is 9.86. The van der Waals surface area contributed by atoms with Crippen LogP contribution in [0.5, 0.6) is 0 Å². The molecule has 2 heterocycles. The van der Waals surface area contributed by atoms with Crippen molar-refractivity contribution in [2.45, 2.75) is 39.2 Å². The fraction of sp³-hybridized carbons (Fsp3) is 0.367. The Labute approximate surface area is 218 Å². The second-order valence-electron chi connectivity index (χ2n) is 11.0. The third-order valence-corrected chi connectivity index (χ3v) is 7.56. The van der Waals surface area contributed by atoms with Crippen molar-refractivity contribution in [2.24, 2.45) is 0 Å². The van der Waals surface area contributed by atoms with Crippen LogP contribution in [0.3, 0.4) is 0 Å². The minimum Gasteiger partial charge on any atom is -0.368 e. The molecule has 0 aromatic heterocycles. The number of benzene rings is 3. The Morgan fingerprint density at radius 2 is 1.51 bits per heavy atom. The average Bonchev–Trinajstić information content (AvgIpc) is 2.91. The van der Waals surface area contributed by atoms with Gasteiger partial charge in [-0.1, -0.05) is 57.2 Å². The van der Waals surface area contributed by atoms with Gasteiger partial charge in [0.25, 0.3) is 11.6 Å². The van der Waals surface area contributed by atoms with E-state index in [1.165, 1.54) is 16.7 Å². The summed E-state index contributed by atoms with van der Waals surface area (Å²) in [5.74, 6) is 0.0523. The molecule has 1 saturated heterocycles. The van der Waals surface area contributed by atoms with Crippen molar-refractivity contribution in [3.8, 4) is 0 Å². The molecule has 3 aromatic rings. The van der Waals surface area contributed by atoms with E-state index in [-0.39, 0.29) is 21.9 Å². The van der Waals surface area contributed by atoms with Crippen molar-refractivity contribution in [3.05, 3.63) is 99.1 Å². The molecule has 7 nitrogen and oxygen atoms in total. The molecule has 0 atom stereocenters. The lowest BCUT2D eigenvalue weighted by Crippen LogP contribution is -2.48. The summed E-state index contributed by atoms with van der Waals surface area (Å²) in [4.78, 5) is 30.9. The lowest BCUT2D eigenvalue weighted by Gasteiger charge is -2.37. The molecule has 37 heavy (non-hydrogen) atoms. The van der Waals surface area contributed by atoms with Crippen LogP contribution in [-0.4, -0.2) is 48.5 Å². The van der Waals surface area contributed by atoms with E-state index in [1.807, 2.05) is 53.4 Å². The summed E-state index contributed by atoms with van der Waals surface area (Å²) in [6.45, 7) is 10.5. The molecule has 3 aromatic carbocycles. The molecule has 5 rings (SSSR count). The monoisotopic (exact) mass is 498 g/mol. The zero-order chi connectivity index (χ0) is 26.2. The van der Waals surface area contributed by atoms with Crippen LogP contribution >= 0.6 is 0 Å². The zero-order valence-electron chi connectivity index (χ0n) is 21.8. The summed E-state index contributed by atoms with van der Waals surface area (Å²) in [5, 5.41) is 11.8. The molecule has 2 aliphatic heterocycles. The SMILES string of the molecule is CC(C)(C)c1ccc(C(=O)N2CCN(c3ccc([N+](=O)[O-])c(N4CCc5ccccc5C4)c3)CC2)cc1. The summed E-state index contributed by atoms with van der Waals surface area (Å²) in [6.07, 6.45) is 0.870. The van der Waals surface area contributed by atoms with E-state index in [0.717, 1.165) is 18.7 Å². The highest BCUT2D eigenvalue weighted by molar-refractivity contribution is 5.94. The number of fused-ring (bicyclic) bond motifs is 1. The van der Waals surface area contributed by atoms with Crippen molar-refractivity contribution >= 4 is 23.0 Å². The third-order valence-electron chi connectivity index (χ3n) is 7.56. The van der Waals surface area contributed by atoms with E-state index in [4.69, 9.17) is 0 Å². The molecule has 2 aliphatic rings. The molecule has 1 amide bonds. The van der Waals surface area contributed by atoms with Gasteiger partial charge in [0.05, 0.1) is 4.92 Å². The van der Waals surface area contributed by atoms with Crippen LogP contribution in [0.4, 0.5) is 17.1 Å². The minimum absolute atomic E-state index is 0.0500. The smallest absolute Gasteiger partial charge is 0.292 e. The topological polar surface area (TPSA) is 69.9 Å². The maximum atomic E-state index is 13.1. The second-order valence-corrected chi connectivity index (χ2v) is 11.0. The van der Waals surface area contributed by atoms with Crippen LogP contribution in [0, 0.1) is 10.1 Å². The molecular weight excluding hydrogens is 464 g/mol. The molecule has 0 radical (unpaired) electrons. The molecule has 0 spiro atoms. The quantitative estimate of drug-likeness (QED) is 0.355. The summed E-state index contributed by atoms with van der Waals surface area (Å²) in [5.41, 5.74) is 6.26. The molecule has 192 valence electrons. The van der Waals surface area contributed by atoms with E-state index in [9.17, 15) is 14.9 Å². The van der Waals surface area contributed by atoms with Gasteiger partial charge in [-0.05, 0) is 52.8 Å². The Bertz CT molecular complexity index is 1310. The maximum Gasteiger partial charge on any atom is 0.292 e. The van der Waals surface area contributed by atoms with Crippen LogP contribution in [-0.2, 0) is 18.4 Å². The molecule has 0 aliphatic carbocycles. The molecule has 1 fully saturated rings. The molecule has 0 saturated carbocycles. The predicted molar refractivity (Wildman–Crippen MR) is 148 cm³/mol. The van der Waals surface area contributed by atoms with Crippen molar-refractivity contribution in [1.82, 2.24) is 4.90 Å². The van der Waals surface area contributed by atoms with E-state index in [2.05, 4.69) is 42.7 Å². The van der Waals surface area contributed by atoms with E-state index in [0.29, 0.717) is 44.0 Å². The van der Waals surface area contributed by atoms with Gasteiger partial charge in [-0.3, -0.25) is 14.9 Å². The number of carbonyl (C=O) groups is 1. The molecular formula is C30H34N4O3. The zero-order valence-corrected chi connectivity index (χ0v) is 21.8. The second kappa shape index (κ2) is 9.88. The Kier molecular flexibility index (Phi) is 6.63. The molecule has 0 N–H and O–H groups in total. The number of nitro benzene ring substituents is 1. The summed E-state index contributed by atoms with van der Waals surface area (Å²) in [6, 6.07) is 21.7. The Hall–Kier alpha value is -3.87. The number of nitro groups is 1. The Morgan fingerprint density at radius 3 is 2.16 bits per heavy atom. The number of anilines is 2. The highest BCUT2D eigenvalue weighted by Gasteiger charge is 2.27. The number of amides is 1. The van der Waals surface area contributed by atoms with Gasteiger partial charge in [0, 0.05) is 56.6 Å². The highest BCUT2D eigenvalue weighted by Crippen LogP contribution is 2.36. The number of rotatable bonds is 4. The summed E-state index contributed by atoms with van der Waals surface area (Å²) in [7, 11) is 0. The van der Waals surface area contributed by atoms with Crippen LogP contribution in [0.25, 0.3) is 0 Å². The predicted octanol–water partition coefficient (Wildman–Crippen LogP) is 5.42. The molecule has 0 unspecified atom stereocenters.